The van der Waals surface area contributed by atoms with E-state index >= 15 is 0 Å². The quantitative estimate of drug-likeness (QED) is 0.289. The monoisotopic (exact) mass is 541 g/mol. The van der Waals surface area contributed by atoms with Crippen LogP contribution in [0.4, 0.5) is 32.0 Å². The first-order valence-corrected chi connectivity index (χ1v) is 11.4. The summed E-state index contributed by atoms with van der Waals surface area (Å²) in [4.78, 5) is 33.9. The lowest BCUT2D eigenvalue weighted by Crippen LogP contribution is -2.49. The normalized spacial score (nSPS) is 19.2. The van der Waals surface area contributed by atoms with Gasteiger partial charge in [-0.3, -0.25) is 14.5 Å². The molecule has 1 heterocycles. The summed E-state index contributed by atoms with van der Waals surface area (Å²) in [6, 6.07) is 0.359. The Hall–Kier alpha value is -2.54. The fraction of sp³-hybridized carbons (Fsp3) is 0.429. The van der Waals surface area contributed by atoms with Crippen LogP contribution in [0.15, 0.2) is 47.9 Å². The highest BCUT2D eigenvalue weighted by Gasteiger charge is 2.40. The lowest BCUT2D eigenvalue weighted by molar-refractivity contribution is -0.128. The predicted molar refractivity (Wildman–Crippen MR) is 117 cm³/mol. The van der Waals surface area contributed by atoms with Gasteiger partial charge >= 0.3 is 5.51 Å². The van der Waals surface area contributed by atoms with E-state index in [2.05, 4.69) is 15.3 Å². The van der Waals surface area contributed by atoms with Crippen molar-refractivity contribution in [1.82, 2.24) is 15.3 Å². The highest BCUT2D eigenvalue weighted by molar-refractivity contribution is 8.00. The zero-order chi connectivity index (χ0) is 26.7. The van der Waals surface area contributed by atoms with Gasteiger partial charge in [-0.15, -0.1) is 0 Å². The van der Waals surface area contributed by atoms with Gasteiger partial charge in [0.05, 0.1) is 1.37 Å². The number of nitrogens with zero attached hydrogens (tertiary/aromatic N) is 3. The topological polar surface area (TPSA) is 75.2 Å². The molecule has 0 spiro atoms. The Labute approximate surface area is 206 Å². The summed E-state index contributed by atoms with van der Waals surface area (Å²) in [5.74, 6) is -5.64. The Morgan fingerprint density at radius 1 is 1.17 bits per heavy atom. The van der Waals surface area contributed by atoms with Crippen LogP contribution >= 0.6 is 23.4 Å². The number of rotatable bonds is 7. The van der Waals surface area contributed by atoms with Crippen molar-refractivity contribution in [3.05, 3.63) is 48.5 Å². The second-order valence-corrected chi connectivity index (χ2v) is 9.12. The summed E-state index contributed by atoms with van der Waals surface area (Å²) in [5, 5.41) is 2.45. The maximum absolute atomic E-state index is 14.1. The van der Waals surface area contributed by atoms with Crippen LogP contribution in [0.5, 0.6) is 0 Å². The number of carbonyl (C=O) groups excluding carboxylic acids is 2. The molecule has 1 fully saturated rings. The van der Waals surface area contributed by atoms with Crippen molar-refractivity contribution in [1.29, 1.82) is 0 Å². The molecule has 0 unspecified atom stereocenters. The van der Waals surface area contributed by atoms with Crippen molar-refractivity contribution in [2.24, 2.45) is 0 Å². The minimum atomic E-state index is -4.60. The number of amides is 2. The molecule has 1 N–H and O–H groups in total. The summed E-state index contributed by atoms with van der Waals surface area (Å²) in [6.45, 7) is 0. The van der Waals surface area contributed by atoms with Crippen LogP contribution in [0.2, 0.25) is 0 Å². The Kier molecular flexibility index (Phi) is 8.05. The Bertz CT molecular complexity index is 1070. The molecule has 0 aliphatic heterocycles. The van der Waals surface area contributed by atoms with Crippen molar-refractivity contribution >= 4 is 40.9 Å². The van der Waals surface area contributed by atoms with Crippen LogP contribution in [0.25, 0.3) is 0 Å². The van der Waals surface area contributed by atoms with Crippen molar-refractivity contribution in [2.75, 3.05) is 4.90 Å². The minimum absolute atomic E-state index is 0.112. The van der Waals surface area contributed by atoms with Crippen LogP contribution in [0.1, 0.15) is 38.6 Å². The van der Waals surface area contributed by atoms with E-state index < -0.39 is 65.5 Å². The lowest BCUT2D eigenvalue weighted by atomic mass is 9.92. The molecular formula is C21H19ClF6N4O2S. The number of hydrogen-bond acceptors (Lipinski definition) is 5. The molecular weight excluding hydrogens is 522 g/mol. The van der Waals surface area contributed by atoms with E-state index in [1.807, 2.05) is 0 Å². The number of hydrogen-bond donors (Lipinski definition) is 1. The Morgan fingerprint density at radius 3 is 2.26 bits per heavy atom. The van der Waals surface area contributed by atoms with E-state index in [1.165, 1.54) is 0 Å². The molecule has 1 aromatic carbocycles. The molecule has 2 aromatic rings. The molecule has 1 aliphatic rings. The van der Waals surface area contributed by atoms with Crippen LogP contribution in [0, 0.1) is 0 Å². The van der Waals surface area contributed by atoms with E-state index in [4.69, 9.17) is 13.0 Å². The third kappa shape index (κ3) is 7.47. The Morgan fingerprint density at radius 2 is 1.74 bits per heavy atom. The molecule has 3 rings (SSSR count). The number of anilines is 1. The number of carbonyl (C=O) groups is 2. The number of benzene rings is 1. The summed E-state index contributed by atoms with van der Waals surface area (Å²) in [6.07, 6.45) is 1.87. The summed E-state index contributed by atoms with van der Waals surface area (Å²) in [5.41, 5.74) is -7.96. The molecule has 1 saturated carbocycles. The molecule has 0 bridgehead atoms. The average Bonchev–Trinajstić information content (AvgIpc) is 2.81. The molecule has 0 saturated heterocycles. The van der Waals surface area contributed by atoms with Gasteiger partial charge in [0.1, 0.15) is 12.3 Å². The highest BCUT2D eigenvalue weighted by Crippen LogP contribution is 2.39. The number of thioether (sulfide) groups is 1. The Balaban J connectivity index is 2.04. The third-order valence-electron chi connectivity index (χ3n) is 5.06. The van der Waals surface area contributed by atoms with E-state index in [0.29, 0.717) is 4.90 Å². The van der Waals surface area contributed by atoms with Crippen molar-refractivity contribution in [3.8, 4) is 0 Å². The van der Waals surface area contributed by atoms with E-state index in [1.54, 1.807) is 0 Å². The van der Waals surface area contributed by atoms with Gasteiger partial charge < -0.3 is 5.32 Å². The predicted octanol–water partition coefficient (Wildman–Crippen LogP) is 5.39. The number of halogens is 7. The van der Waals surface area contributed by atoms with Crippen molar-refractivity contribution in [2.45, 2.75) is 59.7 Å². The molecule has 14 heteroatoms. The zero-order valence-corrected chi connectivity index (χ0v) is 19.3. The first-order chi connectivity index (χ1) is 16.7. The average molecular weight is 542 g/mol. The van der Waals surface area contributed by atoms with Gasteiger partial charge in [-0.2, -0.15) is 13.2 Å². The third-order valence-corrected chi connectivity index (χ3v) is 5.99. The molecule has 35 heavy (non-hydrogen) atoms. The van der Waals surface area contributed by atoms with Crippen molar-refractivity contribution in [3.63, 3.8) is 0 Å². The zero-order valence-electron chi connectivity index (χ0n) is 18.7. The molecule has 6 nitrogen and oxygen atoms in total. The van der Waals surface area contributed by atoms with Gasteiger partial charge in [0.2, 0.25) is 11.8 Å². The van der Waals surface area contributed by atoms with Gasteiger partial charge in [-0.1, -0.05) is 11.6 Å². The molecule has 0 radical (unpaired) electrons. The smallest absolute Gasteiger partial charge is 0.351 e. The van der Waals surface area contributed by atoms with E-state index in [0.717, 1.165) is 43.0 Å². The summed E-state index contributed by atoms with van der Waals surface area (Å²) >= 11 is 4.93. The fourth-order valence-corrected chi connectivity index (χ4v) is 4.12. The number of nitrogens with one attached hydrogen (secondary N) is 1. The molecule has 1 aliphatic carbocycles. The van der Waals surface area contributed by atoms with Gasteiger partial charge in [-0.25, -0.2) is 23.1 Å². The number of aromatic nitrogens is 2. The van der Waals surface area contributed by atoms with Crippen LogP contribution in [-0.2, 0) is 9.59 Å². The summed E-state index contributed by atoms with van der Waals surface area (Å²) in [7, 11) is 0. The molecule has 190 valence electrons. The highest BCUT2D eigenvalue weighted by atomic mass is 35.5. The maximum Gasteiger partial charge on any atom is 0.446 e. The van der Waals surface area contributed by atoms with E-state index in [9.17, 15) is 35.9 Å². The van der Waals surface area contributed by atoms with Gasteiger partial charge in [-0.05, 0) is 48.9 Å². The number of alkyl halides is 7. The second kappa shape index (κ2) is 11.0. The van der Waals surface area contributed by atoms with Gasteiger partial charge in [0, 0.05) is 47.4 Å². The van der Waals surface area contributed by atoms with Gasteiger partial charge in [0.15, 0.2) is 0 Å². The fourth-order valence-electron chi connectivity index (χ4n) is 3.48. The van der Waals surface area contributed by atoms with Crippen molar-refractivity contribution < 1.29 is 37.3 Å². The van der Waals surface area contributed by atoms with Crippen LogP contribution in [-0.4, -0.2) is 44.9 Å². The second-order valence-electron chi connectivity index (χ2n) is 7.60. The SMILES string of the molecule is [2H][C@@](C(=O)NC1CCC(F)(F)CC1)(c1cncnc1)N(C(=O)[C@H](F)Cl)c1ccc(SC(F)(F)F)cc1. The van der Waals surface area contributed by atoms with Crippen LogP contribution in [0.3, 0.4) is 0 Å². The molecule has 2 amide bonds. The largest absolute Gasteiger partial charge is 0.446 e. The lowest BCUT2D eigenvalue weighted by Gasteiger charge is -2.34. The first-order valence-electron chi connectivity index (χ1n) is 10.7. The summed E-state index contributed by atoms with van der Waals surface area (Å²) < 4.78 is 88.3. The standard InChI is InChI=1S/C21H19ClF6N4O2S/c22-17(23)19(34)32(14-1-3-15(4-2-14)35-21(26,27)28)16(12-9-29-11-30-10-12)18(33)31-13-5-7-20(24,25)8-6-13/h1-4,9-11,13,16-17H,5-8H2,(H,31,33)/t16-,17-/m0/s1/i16D. The minimum Gasteiger partial charge on any atom is -0.351 e. The van der Waals surface area contributed by atoms with E-state index in [-0.39, 0.29) is 29.0 Å². The van der Waals surface area contributed by atoms with Crippen LogP contribution < -0.4 is 10.2 Å². The first kappa shape index (κ1) is 25.5. The molecule has 2 atom stereocenters. The van der Waals surface area contributed by atoms with Gasteiger partial charge in [0.25, 0.3) is 11.5 Å². The maximum atomic E-state index is 14.1. The molecule has 1 aromatic heterocycles.